The maximum absolute atomic E-state index is 12.0. The predicted octanol–water partition coefficient (Wildman–Crippen LogP) is 2.13. The Morgan fingerprint density at radius 1 is 1.62 bits per heavy atom. The van der Waals surface area contributed by atoms with Crippen LogP contribution < -0.4 is 0 Å². The van der Waals surface area contributed by atoms with Gasteiger partial charge in [0.2, 0.25) is 0 Å². The molecule has 0 saturated heterocycles. The third-order valence-electron chi connectivity index (χ3n) is 1.18. The van der Waals surface area contributed by atoms with Gasteiger partial charge in [-0.15, -0.1) is 11.6 Å². The zero-order chi connectivity index (χ0) is 10.5. The number of halogens is 4. The molecule has 0 aliphatic carbocycles. The SMILES string of the molecule is C=CCOC(=O)C(CCl)C(F)(F)F. The normalized spacial score (nSPS) is 13.5. The summed E-state index contributed by atoms with van der Waals surface area (Å²) < 4.78 is 40.2. The number of ether oxygens (including phenoxy) is 1. The summed E-state index contributed by atoms with van der Waals surface area (Å²) in [7, 11) is 0. The molecule has 0 heterocycles. The van der Waals surface area contributed by atoms with Crippen molar-refractivity contribution in [2.24, 2.45) is 5.92 Å². The summed E-state index contributed by atoms with van der Waals surface area (Å²) in [6, 6.07) is 0. The minimum Gasteiger partial charge on any atom is -0.461 e. The van der Waals surface area contributed by atoms with E-state index in [0.29, 0.717) is 0 Å². The van der Waals surface area contributed by atoms with Gasteiger partial charge in [-0.2, -0.15) is 13.2 Å². The van der Waals surface area contributed by atoms with Crippen LogP contribution in [0.4, 0.5) is 13.2 Å². The van der Waals surface area contributed by atoms with Gasteiger partial charge in [0.25, 0.3) is 0 Å². The fourth-order valence-electron chi connectivity index (χ4n) is 0.526. The highest BCUT2D eigenvalue weighted by atomic mass is 35.5. The third-order valence-corrected chi connectivity index (χ3v) is 1.49. The van der Waals surface area contributed by atoms with Crippen molar-refractivity contribution in [3.63, 3.8) is 0 Å². The van der Waals surface area contributed by atoms with Gasteiger partial charge in [0.05, 0.1) is 0 Å². The van der Waals surface area contributed by atoms with E-state index in [1.807, 2.05) is 0 Å². The summed E-state index contributed by atoms with van der Waals surface area (Å²) in [5, 5.41) is 0. The van der Waals surface area contributed by atoms with Crippen LogP contribution >= 0.6 is 11.6 Å². The zero-order valence-electron chi connectivity index (χ0n) is 6.60. The van der Waals surface area contributed by atoms with Crippen LogP contribution in [0.2, 0.25) is 0 Å². The molecule has 76 valence electrons. The van der Waals surface area contributed by atoms with Gasteiger partial charge in [-0.25, -0.2) is 0 Å². The minimum absolute atomic E-state index is 0.248. The summed E-state index contributed by atoms with van der Waals surface area (Å²) in [6.45, 7) is 2.94. The Balaban J connectivity index is 4.24. The first kappa shape index (κ1) is 12.3. The van der Waals surface area contributed by atoms with Crippen molar-refractivity contribution in [3.05, 3.63) is 12.7 Å². The van der Waals surface area contributed by atoms with Crippen molar-refractivity contribution in [1.29, 1.82) is 0 Å². The van der Waals surface area contributed by atoms with E-state index in [1.165, 1.54) is 6.08 Å². The molecule has 0 aromatic rings. The molecule has 0 amide bonds. The number of rotatable bonds is 4. The fraction of sp³-hybridized carbons (Fsp3) is 0.571. The van der Waals surface area contributed by atoms with Crippen molar-refractivity contribution in [2.45, 2.75) is 6.18 Å². The predicted molar refractivity (Wildman–Crippen MR) is 41.4 cm³/mol. The summed E-state index contributed by atoms with van der Waals surface area (Å²) in [5.41, 5.74) is 0. The van der Waals surface area contributed by atoms with E-state index in [0.717, 1.165) is 0 Å². The number of hydrogen-bond acceptors (Lipinski definition) is 2. The van der Waals surface area contributed by atoms with Gasteiger partial charge in [-0.3, -0.25) is 4.79 Å². The lowest BCUT2D eigenvalue weighted by molar-refractivity contribution is -0.192. The molecule has 13 heavy (non-hydrogen) atoms. The summed E-state index contributed by atoms with van der Waals surface area (Å²) in [6.07, 6.45) is -3.47. The van der Waals surface area contributed by atoms with Gasteiger partial charge in [0.1, 0.15) is 6.61 Å². The molecule has 1 unspecified atom stereocenters. The maximum Gasteiger partial charge on any atom is 0.403 e. The molecule has 0 bridgehead atoms. The van der Waals surface area contributed by atoms with E-state index in [4.69, 9.17) is 11.6 Å². The lowest BCUT2D eigenvalue weighted by Crippen LogP contribution is -2.33. The number of hydrogen-bond donors (Lipinski definition) is 0. The molecular formula is C7H8ClF3O2. The molecule has 0 aromatic heterocycles. The standard InChI is InChI=1S/C7H8ClF3O2/c1-2-3-13-6(12)5(4-8)7(9,10)11/h2,5H,1,3-4H2. The Labute approximate surface area is 78.3 Å². The second kappa shape index (κ2) is 5.11. The Kier molecular flexibility index (Phi) is 4.83. The van der Waals surface area contributed by atoms with Crippen LogP contribution in [-0.4, -0.2) is 24.6 Å². The molecule has 0 spiro atoms. The molecule has 6 heteroatoms. The molecule has 0 fully saturated rings. The average Bonchev–Trinajstić information content (AvgIpc) is 1.99. The van der Waals surface area contributed by atoms with Gasteiger partial charge in [-0.05, 0) is 0 Å². The van der Waals surface area contributed by atoms with Crippen molar-refractivity contribution in [2.75, 3.05) is 12.5 Å². The number of esters is 1. The number of alkyl halides is 4. The maximum atomic E-state index is 12.0. The first-order valence-corrected chi connectivity index (χ1v) is 3.87. The van der Waals surface area contributed by atoms with Crippen molar-refractivity contribution in [1.82, 2.24) is 0 Å². The second-order valence-electron chi connectivity index (χ2n) is 2.17. The van der Waals surface area contributed by atoms with Crippen molar-refractivity contribution < 1.29 is 22.7 Å². The Morgan fingerprint density at radius 3 is 2.46 bits per heavy atom. The van der Waals surface area contributed by atoms with E-state index >= 15 is 0 Å². The second-order valence-corrected chi connectivity index (χ2v) is 2.48. The average molecular weight is 217 g/mol. The topological polar surface area (TPSA) is 26.3 Å². The van der Waals surface area contributed by atoms with E-state index < -0.39 is 23.9 Å². The molecule has 0 radical (unpaired) electrons. The van der Waals surface area contributed by atoms with Crippen LogP contribution in [0.5, 0.6) is 0 Å². The van der Waals surface area contributed by atoms with Crippen molar-refractivity contribution >= 4 is 17.6 Å². The van der Waals surface area contributed by atoms with E-state index in [-0.39, 0.29) is 6.61 Å². The van der Waals surface area contributed by atoms with Crippen LogP contribution in [0, 0.1) is 5.92 Å². The summed E-state index contributed by atoms with van der Waals surface area (Å²) >= 11 is 4.98. The lowest BCUT2D eigenvalue weighted by Gasteiger charge is -2.15. The van der Waals surface area contributed by atoms with Crippen LogP contribution in [0.15, 0.2) is 12.7 Å². The van der Waals surface area contributed by atoms with Gasteiger partial charge in [-0.1, -0.05) is 12.7 Å². The summed E-state index contributed by atoms with van der Waals surface area (Å²) in [4.78, 5) is 10.7. The molecule has 0 N–H and O–H groups in total. The first-order chi connectivity index (χ1) is 5.93. The largest absolute Gasteiger partial charge is 0.461 e. The monoisotopic (exact) mass is 216 g/mol. The molecule has 0 aliphatic rings. The summed E-state index contributed by atoms with van der Waals surface area (Å²) in [5.74, 6) is -4.46. The Hall–Kier alpha value is -0.710. The van der Waals surface area contributed by atoms with Gasteiger partial charge in [0.15, 0.2) is 5.92 Å². The lowest BCUT2D eigenvalue weighted by atomic mass is 10.2. The van der Waals surface area contributed by atoms with E-state index in [1.54, 1.807) is 0 Å². The quantitative estimate of drug-likeness (QED) is 0.409. The highest BCUT2D eigenvalue weighted by Crippen LogP contribution is 2.28. The minimum atomic E-state index is -4.65. The van der Waals surface area contributed by atoms with Gasteiger partial charge < -0.3 is 4.74 Å². The molecule has 1 atom stereocenters. The fourth-order valence-corrected chi connectivity index (χ4v) is 0.827. The molecule has 0 rings (SSSR count). The third kappa shape index (κ3) is 4.17. The van der Waals surface area contributed by atoms with Gasteiger partial charge >= 0.3 is 12.1 Å². The van der Waals surface area contributed by atoms with Crippen LogP contribution in [0.3, 0.4) is 0 Å². The van der Waals surface area contributed by atoms with Crippen LogP contribution in [0.1, 0.15) is 0 Å². The molecule has 2 nitrogen and oxygen atoms in total. The van der Waals surface area contributed by atoms with E-state index in [2.05, 4.69) is 11.3 Å². The number of carbonyl (C=O) groups is 1. The molecule has 0 saturated carbocycles. The first-order valence-electron chi connectivity index (χ1n) is 3.33. The zero-order valence-corrected chi connectivity index (χ0v) is 7.36. The molecule has 0 aromatic carbocycles. The van der Waals surface area contributed by atoms with Crippen LogP contribution in [-0.2, 0) is 9.53 Å². The molecule has 0 aliphatic heterocycles. The number of carbonyl (C=O) groups excluding carboxylic acids is 1. The highest BCUT2D eigenvalue weighted by Gasteiger charge is 2.45. The highest BCUT2D eigenvalue weighted by molar-refractivity contribution is 6.19. The van der Waals surface area contributed by atoms with Crippen LogP contribution in [0.25, 0.3) is 0 Å². The smallest absolute Gasteiger partial charge is 0.403 e. The van der Waals surface area contributed by atoms with Gasteiger partial charge in [0, 0.05) is 5.88 Å². The van der Waals surface area contributed by atoms with Crippen molar-refractivity contribution in [3.8, 4) is 0 Å². The Morgan fingerprint density at radius 2 is 2.15 bits per heavy atom. The Bertz CT molecular complexity index is 191. The molecular weight excluding hydrogens is 209 g/mol. The van der Waals surface area contributed by atoms with E-state index in [9.17, 15) is 18.0 Å².